The van der Waals surface area contributed by atoms with Crippen LogP contribution in [0.25, 0.3) is 0 Å². The van der Waals surface area contributed by atoms with Crippen LogP contribution in [-0.4, -0.2) is 28.1 Å². The second-order valence-corrected chi connectivity index (χ2v) is 5.98. The van der Waals surface area contributed by atoms with E-state index in [9.17, 15) is 4.79 Å². The van der Waals surface area contributed by atoms with Crippen LogP contribution >= 0.6 is 22.9 Å². The van der Waals surface area contributed by atoms with Gasteiger partial charge in [-0.25, -0.2) is 0 Å². The van der Waals surface area contributed by atoms with E-state index in [0.29, 0.717) is 12.1 Å². The molecule has 0 saturated carbocycles. The SMILES string of the molecule is Cc1n[nH]c(C)c1C(=O)N(C)Cc1ccc(Cl)s1. The Morgan fingerprint density at radius 2 is 2.22 bits per heavy atom. The maximum absolute atomic E-state index is 12.3. The fourth-order valence-corrected chi connectivity index (χ4v) is 2.94. The molecule has 6 heteroatoms. The van der Waals surface area contributed by atoms with E-state index in [0.717, 1.165) is 20.6 Å². The monoisotopic (exact) mass is 283 g/mol. The second-order valence-electron chi connectivity index (χ2n) is 4.18. The van der Waals surface area contributed by atoms with Crippen molar-refractivity contribution in [2.24, 2.45) is 0 Å². The molecule has 0 fully saturated rings. The molecule has 0 aromatic carbocycles. The van der Waals surface area contributed by atoms with Gasteiger partial charge in [-0.3, -0.25) is 9.89 Å². The lowest BCUT2D eigenvalue weighted by Gasteiger charge is -2.16. The first-order chi connectivity index (χ1) is 8.49. The number of H-pyrrole nitrogens is 1. The third-order valence-corrected chi connectivity index (χ3v) is 3.93. The number of nitrogens with one attached hydrogen (secondary N) is 1. The average Bonchev–Trinajstić information content (AvgIpc) is 2.85. The summed E-state index contributed by atoms with van der Waals surface area (Å²) in [5.74, 6) is -0.0247. The van der Waals surface area contributed by atoms with E-state index in [-0.39, 0.29) is 5.91 Å². The molecule has 0 bridgehead atoms. The third kappa shape index (κ3) is 2.57. The highest BCUT2D eigenvalue weighted by molar-refractivity contribution is 7.16. The number of nitrogens with zero attached hydrogens (tertiary/aromatic N) is 2. The summed E-state index contributed by atoms with van der Waals surface area (Å²) in [7, 11) is 1.78. The topological polar surface area (TPSA) is 49.0 Å². The van der Waals surface area contributed by atoms with Crippen LogP contribution < -0.4 is 0 Å². The average molecular weight is 284 g/mol. The Labute approximate surface area is 115 Å². The minimum absolute atomic E-state index is 0.0247. The lowest BCUT2D eigenvalue weighted by Crippen LogP contribution is -2.26. The van der Waals surface area contributed by atoms with Crippen molar-refractivity contribution in [3.8, 4) is 0 Å². The van der Waals surface area contributed by atoms with Crippen molar-refractivity contribution >= 4 is 28.8 Å². The highest BCUT2D eigenvalue weighted by Crippen LogP contribution is 2.23. The van der Waals surface area contributed by atoms with Crippen LogP contribution in [0.3, 0.4) is 0 Å². The van der Waals surface area contributed by atoms with Gasteiger partial charge in [-0.2, -0.15) is 5.10 Å². The molecule has 0 aliphatic carbocycles. The number of aromatic amines is 1. The lowest BCUT2D eigenvalue weighted by atomic mass is 10.2. The van der Waals surface area contributed by atoms with Crippen molar-refractivity contribution in [3.05, 3.63) is 38.3 Å². The third-order valence-electron chi connectivity index (χ3n) is 2.71. The molecule has 0 atom stereocenters. The quantitative estimate of drug-likeness (QED) is 0.941. The molecule has 1 amide bonds. The molecule has 0 radical (unpaired) electrons. The summed E-state index contributed by atoms with van der Waals surface area (Å²) in [5.41, 5.74) is 2.18. The lowest BCUT2D eigenvalue weighted by molar-refractivity contribution is 0.0785. The predicted octanol–water partition coefficient (Wildman–Crippen LogP) is 3.01. The molecule has 0 aliphatic heterocycles. The number of thiophene rings is 1. The van der Waals surface area contributed by atoms with Gasteiger partial charge in [-0.05, 0) is 26.0 Å². The zero-order valence-electron chi connectivity index (χ0n) is 10.5. The second kappa shape index (κ2) is 5.12. The van der Waals surface area contributed by atoms with Crippen molar-refractivity contribution in [2.75, 3.05) is 7.05 Å². The van der Waals surface area contributed by atoms with Gasteiger partial charge in [0.1, 0.15) is 0 Å². The summed E-state index contributed by atoms with van der Waals surface area (Å²) in [4.78, 5) is 15.0. The van der Waals surface area contributed by atoms with Crippen LogP contribution in [0.1, 0.15) is 26.6 Å². The zero-order valence-corrected chi connectivity index (χ0v) is 12.0. The molecule has 2 rings (SSSR count). The minimum Gasteiger partial charge on any atom is -0.336 e. The van der Waals surface area contributed by atoms with Gasteiger partial charge in [0.25, 0.3) is 5.91 Å². The molecule has 2 aromatic heterocycles. The Kier molecular flexibility index (Phi) is 3.73. The van der Waals surface area contributed by atoms with Gasteiger partial charge in [0.2, 0.25) is 0 Å². The van der Waals surface area contributed by atoms with Crippen molar-refractivity contribution < 1.29 is 4.79 Å². The summed E-state index contributed by atoms with van der Waals surface area (Å²) in [5, 5.41) is 6.86. The van der Waals surface area contributed by atoms with Crippen LogP contribution in [0, 0.1) is 13.8 Å². The van der Waals surface area contributed by atoms with Gasteiger partial charge in [0, 0.05) is 17.6 Å². The maximum atomic E-state index is 12.3. The molecule has 0 unspecified atom stereocenters. The van der Waals surface area contributed by atoms with E-state index in [2.05, 4.69) is 10.2 Å². The van der Waals surface area contributed by atoms with Crippen LogP contribution in [0.4, 0.5) is 0 Å². The van der Waals surface area contributed by atoms with Crippen LogP contribution in [0.15, 0.2) is 12.1 Å². The van der Waals surface area contributed by atoms with Crippen molar-refractivity contribution in [1.82, 2.24) is 15.1 Å². The fourth-order valence-electron chi connectivity index (χ4n) is 1.80. The minimum atomic E-state index is -0.0247. The van der Waals surface area contributed by atoms with Gasteiger partial charge in [0.05, 0.1) is 22.1 Å². The van der Waals surface area contributed by atoms with E-state index < -0.39 is 0 Å². The number of aromatic nitrogens is 2. The molecule has 2 heterocycles. The largest absolute Gasteiger partial charge is 0.336 e. The Morgan fingerprint density at radius 3 is 2.72 bits per heavy atom. The maximum Gasteiger partial charge on any atom is 0.257 e. The van der Waals surface area contributed by atoms with Crippen LogP contribution in [0.2, 0.25) is 4.34 Å². The highest BCUT2D eigenvalue weighted by Gasteiger charge is 2.19. The molecule has 1 N–H and O–H groups in total. The number of rotatable bonds is 3. The van der Waals surface area contributed by atoms with Crippen molar-refractivity contribution in [3.63, 3.8) is 0 Å². The number of aryl methyl sites for hydroxylation is 2. The van der Waals surface area contributed by atoms with Crippen LogP contribution in [-0.2, 0) is 6.54 Å². The number of amides is 1. The van der Waals surface area contributed by atoms with Gasteiger partial charge >= 0.3 is 0 Å². The Bertz CT molecular complexity index is 556. The summed E-state index contributed by atoms with van der Waals surface area (Å²) >= 11 is 7.36. The highest BCUT2D eigenvalue weighted by atomic mass is 35.5. The molecule has 0 spiro atoms. The van der Waals surface area contributed by atoms with E-state index in [1.54, 1.807) is 11.9 Å². The first-order valence-electron chi connectivity index (χ1n) is 5.50. The first kappa shape index (κ1) is 13.1. The number of halogens is 1. The van der Waals surface area contributed by atoms with Gasteiger partial charge < -0.3 is 4.90 Å². The molecule has 4 nitrogen and oxygen atoms in total. The number of carbonyl (C=O) groups is 1. The standard InChI is InChI=1S/C12H14ClN3OS/c1-7-11(8(2)15-14-7)12(17)16(3)6-9-4-5-10(13)18-9/h4-5H,6H2,1-3H3,(H,14,15). The number of hydrogen-bond donors (Lipinski definition) is 1. The van der Waals surface area contributed by atoms with Gasteiger partial charge in [-0.1, -0.05) is 11.6 Å². The normalized spacial score (nSPS) is 10.7. The number of carbonyl (C=O) groups excluding carboxylic acids is 1. The van der Waals surface area contributed by atoms with E-state index in [4.69, 9.17) is 11.6 Å². The van der Waals surface area contributed by atoms with Gasteiger partial charge in [0.15, 0.2) is 0 Å². The molecule has 96 valence electrons. The summed E-state index contributed by atoms with van der Waals surface area (Å²) in [6.45, 7) is 4.23. The Balaban J connectivity index is 2.14. The predicted molar refractivity (Wildman–Crippen MR) is 73.2 cm³/mol. The Morgan fingerprint density at radius 1 is 1.50 bits per heavy atom. The molecule has 18 heavy (non-hydrogen) atoms. The molecule has 0 aliphatic rings. The van der Waals surface area contributed by atoms with Crippen LogP contribution in [0.5, 0.6) is 0 Å². The van der Waals surface area contributed by atoms with Crippen molar-refractivity contribution in [2.45, 2.75) is 20.4 Å². The van der Waals surface area contributed by atoms with Gasteiger partial charge in [-0.15, -0.1) is 11.3 Å². The summed E-state index contributed by atoms with van der Waals surface area (Å²) < 4.78 is 0.738. The first-order valence-corrected chi connectivity index (χ1v) is 6.69. The zero-order chi connectivity index (χ0) is 13.3. The Hall–Kier alpha value is -1.33. The van der Waals surface area contributed by atoms with E-state index >= 15 is 0 Å². The molecule has 0 saturated heterocycles. The number of hydrogen-bond acceptors (Lipinski definition) is 3. The van der Waals surface area contributed by atoms with E-state index in [1.807, 2.05) is 26.0 Å². The molecule has 2 aromatic rings. The summed E-state index contributed by atoms with van der Waals surface area (Å²) in [6.07, 6.45) is 0. The summed E-state index contributed by atoms with van der Waals surface area (Å²) in [6, 6.07) is 3.78. The van der Waals surface area contributed by atoms with E-state index in [1.165, 1.54) is 11.3 Å². The molecular weight excluding hydrogens is 270 g/mol. The van der Waals surface area contributed by atoms with Crippen molar-refractivity contribution in [1.29, 1.82) is 0 Å². The fraction of sp³-hybridized carbons (Fsp3) is 0.333. The molecular formula is C12H14ClN3OS. The smallest absolute Gasteiger partial charge is 0.257 e.